The largest absolute Gasteiger partial charge is 0.489 e. The summed E-state index contributed by atoms with van der Waals surface area (Å²) in [6, 6.07) is 10.6. The first-order valence-corrected chi connectivity index (χ1v) is 6.27. The molecule has 2 aromatic carbocycles. The fourth-order valence-electron chi connectivity index (χ4n) is 1.98. The standard InChI is InChI=1S/C16H18FNO/c1-11-7-13(9-18)3-4-14(11)10-19-16-6-5-15(17)8-12(16)2/h3-8H,9-10,18H2,1-2H3. The molecule has 0 amide bonds. The smallest absolute Gasteiger partial charge is 0.123 e. The van der Waals surface area contributed by atoms with Gasteiger partial charge in [0.25, 0.3) is 0 Å². The zero-order chi connectivity index (χ0) is 13.8. The fraction of sp³-hybridized carbons (Fsp3) is 0.250. The molecule has 19 heavy (non-hydrogen) atoms. The van der Waals surface area contributed by atoms with Crippen molar-refractivity contribution in [3.8, 4) is 5.75 Å². The average Bonchev–Trinajstić information content (AvgIpc) is 2.39. The van der Waals surface area contributed by atoms with Crippen LogP contribution in [0.4, 0.5) is 4.39 Å². The number of hydrogen-bond acceptors (Lipinski definition) is 2. The maximum atomic E-state index is 13.0. The molecule has 0 atom stereocenters. The van der Waals surface area contributed by atoms with Gasteiger partial charge >= 0.3 is 0 Å². The number of benzene rings is 2. The Morgan fingerprint density at radius 2 is 1.84 bits per heavy atom. The number of aryl methyl sites for hydroxylation is 2. The first-order valence-electron chi connectivity index (χ1n) is 6.27. The summed E-state index contributed by atoms with van der Waals surface area (Å²) in [4.78, 5) is 0. The SMILES string of the molecule is Cc1cc(CN)ccc1COc1ccc(F)cc1C. The van der Waals surface area contributed by atoms with Crippen LogP contribution in [0, 0.1) is 19.7 Å². The molecule has 0 aliphatic carbocycles. The molecule has 2 aromatic rings. The molecule has 100 valence electrons. The molecule has 0 radical (unpaired) electrons. The Labute approximate surface area is 113 Å². The molecular formula is C16H18FNO. The number of rotatable bonds is 4. The van der Waals surface area contributed by atoms with Crippen LogP contribution in [0.2, 0.25) is 0 Å². The summed E-state index contributed by atoms with van der Waals surface area (Å²) in [6.07, 6.45) is 0. The fourth-order valence-corrected chi connectivity index (χ4v) is 1.98. The summed E-state index contributed by atoms with van der Waals surface area (Å²) >= 11 is 0. The van der Waals surface area contributed by atoms with Crippen molar-refractivity contribution < 1.29 is 9.13 Å². The predicted octanol–water partition coefficient (Wildman–Crippen LogP) is 3.48. The Kier molecular flexibility index (Phi) is 4.17. The molecule has 2 nitrogen and oxygen atoms in total. The summed E-state index contributed by atoms with van der Waals surface area (Å²) < 4.78 is 18.7. The Hall–Kier alpha value is -1.87. The molecule has 2 rings (SSSR count). The molecule has 0 aromatic heterocycles. The molecule has 2 N–H and O–H groups in total. The number of ether oxygens (including phenoxy) is 1. The Morgan fingerprint density at radius 3 is 2.47 bits per heavy atom. The predicted molar refractivity (Wildman–Crippen MR) is 74.5 cm³/mol. The van der Waals surface area contributed by atoms with E-state index in [9.17, 15) is 4.39 Å². The zero-order valence-electron chi connectivity index (χ0n) is 11.2. The summed E-state index contributed by atoms with van der Waals surface area (Å²) in [7, 11) is 0. The van der Waals surface area contributed by atoms with Crippen LogP contribution in [0.1, 0.15) is 22.3 Å². The lowest BCUT2D eigenvalue weighted by atomic mass is 10.1. The van der Waals surface area contributed by atoms with E-state index in [0.717, 1.165) is 22.3 Å². The highest BCUT2D eigenvalue weighted by Gasteiger charge is 2.04. The molecule has 0 saturated carbocycles. The van der Waals surface area contributed by atoms with Gasteiger partial charge in [-0.25, -0.2) is 4.39 Å². The van der Waals surface area contributed by atoms with Gasteiger partial charge in [0.15, 0.2) is 0 Å². The molecular weight excluding hydrogens is 241 g/mol. The molecule has 0 spiro atoms. The minimum atomic E-state index is -0.242. The van der Waals surface area contributed by atoms with E-state index in [1.165, 1.54) is 12.1 Å². The summed E-state index contributed by atoms with van der Waals surface area (Å²) in [6.45, 7) is 4.89. The third kappa shape index (κ3) is 3.32. The van der Waals surface area contributed by atoms with E-state index in [2.05, 4.69) is 6.07 Å². The number of hydrogen-bond donors (Lipinski definition) is 1. The quantitative estimate of drug-likeness (QED) is 0.912. The normalized spacial score (nSPS) is 10.5. The van der Waals surface area contributed by atoms with E-state index in [1.807, 2.05) is 26.0 Å². The average molecular weight is 259 g/mol. The molecule has 0 aliphatic rings. The van der Waals surface area contributed by atoms with Gasteiger partial charge in [-0.15, -0.1) is 0 Å². The van der Waals surface area contributed by atoms with Gasteiger partial charge in [-0.1, -0.05) is 18.2 Å². The highest BCUT2D eigenvalue weighted by molar-refractivity contribution is 5.34. The maximum Gasteiger partial charge on any atom is 0.123 e. The van der Waals surface area contributed by atoms with E-state index in [4.69, 9.17) is 10.5 Å². The Bertz CT molecular complexity index is 581. The van der Waals surface area contributed by atoms with E-state index in [-0.39, 0.29) is 5.82 Å². The Morgan fingerprint density at radius 1 is 1.05 bits per heavy atom. The van der Waals surface area contributed by atoms with Crippen molar-refractivity contribution in [1.29, 1.82) is 0 Å². The van der Waals surface area contributed by atoms with Gasteiger partial charge < -0.3 is 10.5 Å². The first-order chi connectivity index (χ1) is 9.10. The summed E-state index contributed by atoms with van der Waals surface area (Å²) in [5.41, 5.74) is 9.78. The monoisotopic (exact) mass is 259 g/mol. The Balaban J connectivity index is 2.10. The third-order valence-corrected chi connectivity index (χ3v) is 3.16. The van der Waals surface area contributed by atoms with E-state index in [1.54, 1.807) is 6.07 Å². The highest BCUT2D eigenvalue weighted by atomic mass is 19.1. The lowest BCUT2D eigenvalue weighted by molar-refractivity contribution is 0.303. The van der Waals surface area contributed by atoms with Crippen LogP contribution < -0.4 is 10.5 Å². The molecule has 0 bridgehead atoms. The van der Waals surface area contributed by atoms with Crippen molar-refractivity contribution in [2.45, 2.75) is 27.0 Å². The lowest BCUT2D eigenvalue weighted by Gasteiger charge is -2.11. The van der Waals surface area contributed by atoms with Crippen LogP contribution in [0.25, 0.3) is 0 Å². The highest BCUT2D eigenvalue weighted by Crippen LogP contribution is 2.20. The van der Waals surface area contributed by atoms with Crippen LogP contribution in [-0.4, -0.2) is 0 Å². The molecule has 0 saturated heterocycles. The summed E-state index contributed by atoms with van der Waals surface area (Å²) in [5.74, 6) is 0.469. The van der Waals surface area contributed by atoms with Crippen molar-refractivity contribution in [2.75, 3.05) is 0 Å². The maximum absolute atomic E-state index is 13.0. The number of halogens is 1. The second-order valence-electron chi connectivity index (χ2n) is 4.66. The minimum Gasteiger partial charge on any atom is -0.489 e. The molecule has 3 heteroatoms. The molecule has 0 unspecified atom stereocenters. The van der Waals surface area contributed by atoms with Crippen LogP contribution in [-0.2, 0) is 13.2 Å². The van der Waals surface area contributed by atoms with Crippen molar-refractivity contribution >= 4 is 0 Å². The van der Waals surface area contributed by atoms with Crippen LogP contribution >= 0.6 is 0 Å². The zero-order valence-corrected chi connectivity index (χ0v) is 11.2. The van der Waals surface area contributed by atoms with Gasteiger partial charge in [-0.2, -0.15) is 0 Å². The van der Waals surface area contributed by atoms with Gasteiger partial charge in [0.2, 0.25) is 0 Å². The number of nitrogens with two attached hydrogens (primary N) is 1. The van der Waals surface area contributed by atoms with E-state index < -0.39 is 0 Å². The molecule has 0 fully saturated rings. The van der Waals surface area contributed by atoms with Crippen molar-refractivity contribution in [3.63, 3.8) is 0 Å². The van der Waals surface area contributed by atoms with Crippen molar-refractivity contribution in [3.05, 3.63) is 64.5 Å². The topological polar surface area (TPSA) is 35.2 Å². The van der Waals surface area contributed by atoms with E-state index in [0.29, 0.717) is 18.9 Å². The van der Waals surface area contributed by atoms with Gasteiger partial charge in [-0.05, 0) is 54.3 Å². The van der Waals surface area contributed by atoms with E-state index >= 15 is 0 Å². The van der Waals surface area contributed by atoms with Gasteiger partial charge in [-0.3, -0.25) is 0 Å². The first kappa shape index (κ1) is 13.6. The van der Waals surface area contributed by atoms with Crippen LogP contribution in [0.5, 0.6) is 5.75 Å². The lowest BCUT2D eigenvalue weighted by Crippen LogP contribution is -2.02. The van der Waals surface area contributed by atoms with Crippen LogP contribution in [0.3, 0.4) is 0 Å². The second kappa shape index (κ2) is 5.85. The molecule has 0 heterocycles. The molecule has 0 aliphatic heterocycles. The van der Waals surface area contributed by atoms with Gasteiger partial charge in [0, 0.05) is 6.54 Å². The summed E-state index contributed by atoms with van der Waals surface area (Å²) in [5, 5.41) is 0. The van der Waals surface area contributed by atoms with Gasteiger partial charge in [0.1, 0.15) is 18.2 Å². The van der Waals surface area contributed by atoms with Crippen LogP contribution in [0.15, 0.2) is 36.4 Å². The van der Waals surface area contributed by atoms with Crippen molar-refractivity contribution in [1.82, 2.24) is 0 Å². The second-order valence-corrected chi connectivity index (χ2v) is 4.66. The van der Waals surface area contributed by atoms with Gasteiger partial charge in [0.05, 0.1) is 0 Å². The third-order valence-electron chi connectivity index (χ3n) is 3.16. The minimum absolute atomic E-state index is 0.242. The van der Waals surface area contributed by atoms with Crippen molar-refractivity contribution in [2.24, 2.45) is 5.73 Å².